The number of ether oxygens (including phenoxy) is 2. The van der Waals surface area contributed by atoms with Crippen LogP contribution in [0.5, 0.6) is 5.75 Å². The number of hydrogen-bond donors (Lipinski definition) is 1. The lowest BCUT2D eigenvalue weighted by atomic mass is 9.80. The zero-order valence-electron chi connectivity index (χ0n) is 24.4. The van der Waals surface area contributed by atoms with Crippen LogP contribution in [0, 0.1) is 6.92 Å². The first-order chi connectivity index (χ1) is 19.5. The molecule has 4 aromatic rings. The molecule has 0 atom stereocenters. The van der Waals surface area contributed by atoms with Gasteiger partial charge in [-0.2, -0.15) is 10.2 Å². The molecule has 2 fully saturated rings. The van der Waals surface area contributed by atoms with Crippen molar-refractivity contribution in [3.05, 3.63) is 47.5 Å². The van der Waals surface area contributed by atoms with Crippen LogP contribution < -0.4 is 4.74 Å². The van der Waals surface area contributed by atoms with E-state index in [1.165, 1.54) is 56.2 Å². The summed E-state index contributed by atoms with van der Waals surface area (Å²) in [6.07, 6.45) is 13.4. The Hall–Kier alpha value is -3.30. The first kappa shape index (κ1) is 26.9. The molecule has 1 saturated carbocycles. The van der Waals surface area contributed by atoms with Crippen LogP contribution in [0.25, 0.3) is 28.3 Å². The second-order valence-electron chi connectivity index (χ2n) is 11.7. The predicted molar refractivity (Wildman–Crippen MR) is 156 cm³/mol. The molecule has 212 valence electrons. The van der Waals surface area contributed by atoms with Gasteiger partial charge in [-0.1, -0.05) is 13.8 Å². The summed E-state index contributed by atoms with van der Waals surface area (Å²) in [5.74, 6) is 1.50. The molecule has 40 heavy (non-hydrogen) atoms. The van der Waals surface area contributed by atoms with E-state index >= 15 is 0 Å². The molecule has 1 aliphatic heterocycles. The number of likely N-dealkylation sites (tertiary alicyclic amines) is 1. The van der Waals surface area contributed by atoms with E-state index in [-0.39, 0.29) is 5.92 Å². The maximum absolute atomic E-state index is 5.60. The van der Waals surface area contributed by atoms with E-state index in [4.69, 9.17) is 19.6 Å². The zero-order chi connectivity index (χ0) is 27.8. The third kappa shape index (κ3) is 5.01. The molecule has 0 unspecified atom stereocenters. The fourth-order valence-corrected chi connectivity index (χ4v) is 6.86. The standard InChI is InChI=1S/C31H41N7O2/c1-19(2)28-29(22-15-27(40-5)31-33-18-34-38(31)17-22)35-36-30(28)26-14-20(3)25(16-32-26)21-6-8-23(9-7-21)37-12-10-24(39-4)11-13-37/h14-19,21,23-24H,6-13H2,1-5H3,(H,35,36). The first-order valence-corrected chi connectivity index (χ1v) is 14.7. The molecule has 1 saturated heterocycles. The monoisotopic (exact) mass is 543 g/mol. The quantitative estimate of drug-likeness (QED) is 0.317. The molecule has 0 aromatic carbocycles. The number of nitrogens with zero attached hydrogens (tertiary/aromatic N) is 6. The van der Waals surface area contributed by atoms with Gasteiger partial charge in [0.05, 0.1) is 24.6 Å². The molecular weight excluding hydrogens is 502 g/mol. The number of rotatable bonds is 7. The normalized spacial score (nSPS) is 20.9. The third-order valence-corrected chi connectivity index (χ3v) is 9.09. The second kappa shape index (κ2) is 11.3. The van der Waals surface area contributed by atoms with E-state index in [1.807, 2.05) is 19.4 Å². The Kier molecular flexibility index (Phi) is 7.59. The number of aromatic amines is 1. The zero-order valence-corrected chi connectivity index (χ0v) is 24.4. The van der Waals surface area contributed by atoms with Gasteiger partial charge in [0.2, 0.25) is 0 Å². The molecule has 2 aliphatic rings. The Morgan fingerprint density at radius 3 is 2.45 bits per heavy atom. The van der Waals surface area contributed by atoms with Crippen molar-refractivity contribution in [3.8, 4) is 28.4 Å². The van der Waals surface area contributed by atoms with Crippen molar-refractivity contribution in [3.63, 3.8) is 0 Å². The molecule has 0 radical (unpaired) electrons. The summed E-state index contributed by atoms with van der Waals surface area (Å²) in [7, 11) is 3.50. The molecule has 1 N–H and O–H groups in total. The Morgan fingerprint density at radius 2 is 1.77 bits per heavy atom. The number of pyridine rings is 2. The van der Waals surface area contributed by atoms with Gasteiger partial charge in [0.1, 0.15) is 12.0 Å². The summed E-state index contributed by atoms with van der Waals surface area (Å²) in [5, 5.41) is 12.4. The first-order valence-electron chi connectivity index (χ1n) is 14.7. The van der Waals surface area contributed by atoms with E-state index in [0.29, 0.717) is 29.5 Å². The van der Waals surface area contributed by atoms with Crippen LogP contribution in [0.15, 0.2) is 30.9 Å². The molecule has 0 bridgehead atoms. The smallest absolute Gasteiger partial charge is 0.197 e. The number of nitrogens with one attached hydrogen (secondary N) is 1. The number of aromatic nitrogens is 6. The molecule has 0 spiro atoms. The lowest BCUT2D eigenvalue weighted by Gasteiger charge is -2.40. The molecule has 9 heteroatoms. The van der Waals surface area contributed by atoms with Gasteiger partial charge in [0.15, 0.2) is 11.4 Å². The van der Waals surface area contributed by atoms with Crippen LogP contribution in [0.1, 0.15) is 80.9 Å². The van der Waals surface area contributed by atoms with Crippen LogP contribution >= 0.6 is 0 Å². The number of aryl methyl sites for hydroxylation is 1. The Bertz CT molecular complexity index is 1460. The maximum Gasteiger partial charge on any atom is 0.197 e. The minimum Gasteiger partial charge on any atom is -0.493 e. The molecule has 6 rings (SSSR count). The number of H-pyrrole nitrogens is 1. The highest BCUT2D eigenvalue weighted by Crippen LogP contribution is 2.40. The van der Waals surface area contributed by atoms with Crippen molar-refractivity contribution in [1.29, 1.82) is 0 Å². The van der Waals surface area contributed by atoms with Crippen molar-refractivity contribution in [2.45, 2.75) is 83.3 Å². The van der Waals surface area contributed by atoms with E-state index < -0.39 is 0 Å². The van der Waals surface area contributed by atoms with Crippen molar-refractivity contribution < 1.29 is 9.47 Å². The molecule has 9 nitrogen and oxygen atoms in total. The lowest BCUT2D eigenvalue weighted by molar-refractivity contribution is 0.0200. The van der Waals surface area contributed by atoms with Gasteiger partial charge in [-0.25, -0.2) is 9.50 Å². The van der Waals surface area contributed by atoms with Crippen molar-refractivity contribution in [2.24, 2.45) is 0 Å². The minimum absolute atomic E-state index is 0.243. The summed E-state index contributed by atoms with van der Waals surface area (Å²) in [6, 6.07) is 4.93. The highest BCUT2D eigenvalue weighted by Gasteiger charge is 2.30. The van der Waals surface area contributed by atoms with Crippen LogP contribution in [-0.2, 0) is 4.74 Å². The lowest BCUT2D eigenvalue weighted by Crippen LogP contribution is -2.44. The van der Waals surface area contributed by atoms with Crippen LogP contribution in [0.4, 0.5) is 0 Å². The number of fused-ring (bicyclic) bond motifs is 1. The van der Waals surface area contributed by atoms with Gasteiger partial charge in [-0.3, -0.25) is 10.1 Å². The Morgan fingerprint density at radius 1 is 1.00 bits per heavy atom. The summed E-state index contributed by atoms with van der Waals surface area (Å²) >= 11 is 0. The fraction of sp³-hybridized carbons (Fsp3) is 0.548. The maximum atomic E-state index is 5.60. The topological polar surface area (TPSA) is 93.5 Å². The van der Waals surface area contributed by atoms with Crippen molar-refractivity contribution >= 4 is 5.65 Å². The summed E-state index contributed by atoms with van der Waals surface area (Å²) < 4.78 is 12.9. The van der Waals surface area contributed by atoms with Gasteiger partial charge in [-0.15, -0.1) is 0 Å². The second-order valence-corrected chi connectivity index (χ2v) is 11.7. The van der Waals surface area contributed by atoms with E-state index in [9.17, 15) is 0 Å². The Labute approximate surface area is 236 Å². The SMILES string of the molecule is COc1cc(-c2[nH]nc(-c3cc(C)c(C4CCC(N5CCC(OC)CC5)CC4)cn3)c2C(C)C)cn2ncnc12. The average molecular weight is 544 g/mol. The van der Waals surface area contributed by atoms with E-state index in [0.717, 1.165) is 41.1 Å². The fourth-order valence-electron chi connectivity index (χ4n) is 6.86. The van der Waals surface area contributed by atoms with E-state index in [2.05, 4.69) is 53.1 Å². The largest absolute Gasteiger partial charge is 0.493 e. The number of methoxy groups -OCH3 is 2. The highest BCUT2D eigenvalue weighted by atomic mass is 16.5. The number of piperidine rings is 1. The van der Waals surface area contributed by atoms with E-state index in [1.54, 1.807) is 11.6 Å². The van der Waals surface area contributed by atoms with Gasteiger partial charge < -0.3 is 14.4 Å². The molecular formula is C31H41N7O2. The van der Waals surface area contributed by atoms with Gasteiger partial charge in [0.25, 0.3) is 0 Å². The Balaban J connectivity index is 1.22. The van der Waals surface area contributed by atoms with Gasteiger partial charge in [0, 0.05) is 49.8 Å². The number of hydrogen-bond acceptors (Lipinski definition) is 7. The molecule has 0 amide bonds. The minimum atomic E-state index is 0.243. The predicted octanol–water partition coefficient (Wildman–Crippen LogP) is 5.76. The van der Waals surface area contributed by atoms with Gasteiger partial charge in [-0.05, 0) is 80.5 Å². The molecule has 5 heterocycles. The summed E-state index contributed by atoms with van der Waals surface area (Å²) in [4.78, 5) is 12.0. The van der Waals surface area contributed by atoms with Crippen LogP contribution in [-0.4, -0.2) is 74.1 Å². The summed E-state index contributed by atoms with van der Waals surface area (Å²) in [6.45, 7) is 8.97. The molecule has 4 aromatic heterocycles. The summed E-state index contributed by atoms with van der Waals surface area (Å²) in [5.41, 5.74) is 8.25. The van der Waals surface area contributed by atoms with Gasteiger partial charge >= 0.3 is 0 Å². The van der Waals surface area contributed by atoms with Crippen molar-refractivity contribution in [2.75, 3.05) is 27.3 Å². The van der Waals surface area contributed by atoms with Crippen LogP contribution in [0.2, 0.25) is 0 Å². The van der Waals surface area contributed by atoms with Crippen LogP contribution in [0.3, 0.4) is 0 Å². The molecule has 1 aliphatic carbocycles. The highest BCUT2D eigenvalue weighted by molar-refractivity contribution is 5.75. The average Bonchev–Trinajstić information content (AvgIpc) is 3.65. The van der Waals surface area contributed by atoms with Crippen molar-refractivity contribution in [1.82, 2.24) is 34.7 Å². The third-order valence-electron chi connectivity index (χ3n) is 9.09.